The van der Waals surface area contributed by atoms with Gasteiger partial charge in [-0.05, 0) is 25.0 Å². The Balaban J connectivity index is 1.31. The topological polar surface area (TPSA) is 113 Å². The third kappa shape index (κ3) is 2.87. The Morgan fingerprint density at radius 3 is 2.81 bits per heavy atom. The third-order valence-electron chi connectivity index (χ3n) is 6.22. The molecule has 10 nitrogen and oxygen atoms in total. The van der Waals surface area contributed by atoms with Gasteiger partial charge in [0.05, 0.1) is 36.5 Å². The first-order valence-corrected chi connectivity index (χ1v) is 10.9. The van der Waals surface area contributed by atoms with E-state index in [1.54, 1.807) is 6.20 Å². The quantitative estimate of drug-likeness (QED) is 0.453. The molecular formula is C22H21N9O. The number of rotatable bonds is 4. The summed E-state index contributed by atoms with van der Waals surface area (Å²) < 4.78 is 7.55. The summed E-state index contributed by atoms with van der Waals surface area (Å²) in [6.07, 6.45) is 10.1. The van der Waals surface area contributed by atoms with Crippen LogP contribution in [0.1, 0.15) is 18.9 Å². The van der Waals surface area contributed by atoms with Gasteiger partial charge in [0.2, 0.25) is 0 Å². The first-order chi connectivity index (χ1) is 15.8. The highest BCUT2D eigenvalue weighted by Crippen LogP contribution is 2.36. The van der Waals surface area contributed by atoms with Gasteiger partial charge in [-0.1, -0.05) is 0 Å². The van der Waals surface area contributed by atoms with Crippen molar-refractivity contribution in [3.05, 3.63) is 36.9 Å². The summed E-state index contributed by atoms with van der Waals surface area (Å²) in [5.41, 5.74) is 6.21. The number of nitrogens with one attached hydrogen (secondary N) is 2. The molecule has 0 aromatic carbocycles. The van der Waals surface area contributed by atoms with Gasteiger partial charge in [-0.15, -0.1) is 0 Å². The number of nitrogens with zero attached hydrogens (tertiary/aromatic N) is 7. The minimum Gasteiger partial charge on any atom is -0.378 e. The van der Waals surface area contributed by atoms with Crippen molar-refractivity contribution in [1.82, 2.24) is 39.9 Å². The number of aromatic nitrogens is 8. The zero-order valence-electron chi connectivity index (χ0n) is 17.3. The summed E-state index contributed by atoms with van der Waals surface area (Å²) in [5, 5.41) is 12.9. The number of H-pyrrole nitrogens is 2. The highest BCUT2D eigenvalue weighted by molar-refractivity contribution is 5.95. The Bertz CT molecular complexity index is 1440. The van der Waals surface area contributed by atoms with Crippen molar-refractivity contribution < 1.29 is 4.74 Å². The van der Waals surface area contributed by atoms with Crippen molar-refractivity contribution in [2.24, 2.45) is 0 Å². The van der Waals surface area contributed by atoms with E-state index in [1.165, 1.54) is 12.8 Å². The molecule has 160 valence electrons. The lowest BCUT2D eigenvalue weighted by Crippen LogP contribution is -2.36. The van der Waals surface area contributed by atoms with Crippen LogP contribution in [0.15, 0.2) is 36.9 Å². The zero-order chi connectivity index (χ0) is 21.1. The van der Waals surface area contributed by atoms with Crippen LogP contribution in [0.4, 0.5) is 5.69 Å². The monoisotopic (exact) mass is 427 g/mol. The van der Waals surface area contributed by atoms with Crippen LogP contribution in [-0.4, -0.2) is 66.2 Å². The summed E-state index contributed by atoms with van der Waals surface area (Å²) in [6.45, 7) is 3.15. The van der Waals surface area contributed by atoms with Crippen molar-refractivity contribution in [2.75, 3.05) is 31.2 Å². The molecule has 0 spiro atoms. The lowest BCUT2D eigenvalue weighted by atomic mass is 10.1. The minimum absolute atomic E-state index is 0.550. The number of anilines is 1. The van der Waals surface area contributed by atoms with Gasteiger partial charge in [0.15, 0.2) is 17.1 Å². The van der Waals surface area contributed by atoms with Gasteiger partial charge < -0.3 is 14.6 Å². The Labute approximate surface area is 182 Å². The lowest BCUT2D eigenvalue weighted by Gasteiger charge is -2.28. The molecule has 0 atom stereocenters. The fourth-order valence-electron chi connectivity index (χ4n) is 4.35. The van der Waals surface area contributed by atoms with Gasteiger partial charge in [-0.2, -0.15) is 10.2 Å². The molecule has 0 amide bonds. The molecule has 1 aliphatic carbocycles. The van der Waals surface area contributed by atoms with Crippen LogP contribution < -0.4 is 4.90 Å². The van der Waals surface area contributed by atoms with Crippen LogP contribution in [-0.2, 0) is 4.74 Å². The van der Waals surface area contributed by atoms with E-state index in [0.717, 1.165) is 59.7 Å². The van der Waals surface area contributed by atoms with Crippen LogP contribution in [0.3, 0.4) is 0 Å². The number of aromatic amines is 2. The molecule has 5 aromatic heterocycles. The van der Waals surface area contributed by atoms with Crippen molar-refractivity contribution in [2.45, 2.75) is 18.9 Å². The number of ether oxygens (including phenoxy) is 1. The average Bonchev–Trinajstić information content (AvgIpc) is 3.24. The first-order valence-electron chi connectivity index (χ1n) is 10.9. The molecule has 0 radical (unpaired) electrons. The molecule has 10 heteroatoms. The zero-order valence-corrected chi connectivity index (χ0v) is 17.3. The Morgan fingerprint density at radius 1 is 1.03 bits per heavy atom. The van der Waals surface area contributed by atoms with E-state index in [1.807, 2.05) is 23.1 Å². The van der Waals surface area contributed by atoms with Crippen molar-refractivity contribution in [3.8, 4) is 22.6 Å². The Hall–Kier alpha value is -3.79. The van der Waals surface area contributed by atoms with Crippen LogP contribution in [0.2, 0.25) is 0 Å². The maximum Gasteiger partial charge on any atom is 0.181 e. The molecule has 0 bridgehead atoms. The minimum atomic E-state index is 0.550. The molecule has 1 aliphatic heterocycles. The highest BCUT2D eigenvalue weighted by Gasteiger charge is 2.24. The summed E-state index contributed by atoms with van der Waals surface area (Å²) >= 11 is 0. The van der Waals surface area contributed by atoms with E-state index < -0.39 is 0 Å². The number of morpholine rings is 1. The summed E-state index contributed by atoms with van der Waals surface area (Å²) in [7, 11) is 0. The van der Waals surface area contributed by atoms with Crippen molar-refractivity contribution in [3.63, 3.8) is 0 Å². The molecule has 32 heavy (non-hydrogen) atoms. The third-order valence-corrected chi connectivity index (χ3v) is 6.22. The predicted molar refractivity (Wildman–Crippen MR) is 119 cm³/mol. The van der Waals surface area contributed by atoms with Gasteiger partial charge in [-0.25, -0.2) is 15.0 Å². The Kier molecular flexibility index (Phi) is 3.82. The van der Waals surface area contributed by atoms with Crippen LogP contribution in [0.25, 0.3) is 44.8 Å². The number of hydrogen-bond donors (Lipinski definition) is 2. The van der Waals surface area contributed by atoms with Crippen LogP contribution in [0.5, 0.6) is 0 Å². The smallest absolute Gasteiger partial charge is 0.181 e. The van der Waals surface area contributed by atoms with Gasteiger partial charge >= 0.3 is 0 Å². The number of hydrogen-bond acceptors (Lipinski definition) is 7. The normalized spacial score (nSPS) is 16.9. The summed E-state index contributed by atoms with van der Waals surface area (Å²) in [4.78, 5) is 19.6. The number of fused-ring (bicyclic) bond motifs is 2. The first kappa shape index (κ1) is 17.8. The molecule has 0 unspecified atom stereocenters. The van der Waals surface area contributed by atoms with Crippen LogP contribution in [0, 0.1) is 0 Å². The Morgan fingerprint density at radius 2 is 1.94 bits per heavy atom. The van der Waals surface area contributed by atoms with Gasteiger partial charge in [0.1, 0.15) is 11.2 Å². The highest BCUT2D eigenvalue weighted by atomic mass is 16.5. The van der Waals surface area contributed by atoms with Crippen molar-refractivity contribution in [1.29, 1.82) is 0 Å². The second-order valence-electron chi connectivity index (χ2n) is 8.35. The number of imidazole rings is 1. The molecule has 2 N–H and O–H groups in total. The van der Waals surface area contributed by atoms with E-state index in [0.29, 0.717) is 23.2 Å². The fourth-order valence-corrected chi connectivity index (χ4v) is 4.35. The van der Waals surface area contributed by atoms with E-state index in [2.05, 4.69) is 47.4 Å². The molecule has 6 heterocycles. The van der Waals surface area contributed by atoms with E-state index >= 15 is 0 Å². The summed E-state index contributed by atoms with van der Waals surface area (Å²) in [6, 6.07) is 4.67. The SMILES string of the molecule is c1cc(N2CCOCC2)c2[nH]c(-c3[nH]nc4ncc(-c5cnn(C6CC6)c5)cc34)nc2n1. The predicted octanol–water partition coefficient (Wildman–Crippen LogP) is 2.93. The number of pyridine rings is 2. The van der Waals surface area contributed by atoms with Gasteiger partial charge in [0, 0.05) is 42.8 Å². The fraction of sp³-hybridized carbons (Fsp3) is 0.318. The molecule has 1 saturated heterocycles. The lowest BCUT2D eigenvalue weighted by molar-refractivity contribution is 0.123. The molecule has 7 rings (SSSR count). The second kappa shape index (κ2) is 6.86. The molecule has 1 saturated carbocycles. The van der Waals surface area contributed by atoms with E-state index in [9.17, 15) is 0 Å². The van der Waals surface area contributed by atoms with Gasteiger partial charge in [0.25, 0.3) is 0 Å². The van der Waals surface area contributed by atoms with Crippen LogP contribution >= 0.6 is 0 Å². The summed E-state index contributed by atoms with van der Waals surface area (Å²) in [5.74, 6) is 0.698. The maximum absolute atomic E-state index is 5.50. The van der Waals surface area contributed by atoms with E-state index in [-0.39, 0.29) is 0 Å². The maximum atomic E-state index is 5.50. The van der Waals surface area contributed by atoms with Gasteiger partial charge in [-0.3, -0.25) is 9.78 Å². The molecule has 5 aromatic rings. The second-order valence-corrected chi connectivity index (χ2v) is 8.35. The largest absolute Gasteiger partial charge is 0.378 e. The van der Waals surface area contributed by atoms with E-state index in [4.69, 9.17) is 9.72 Å². The van der Waals surface area contributed by atoms with Crippen molar-refractivity contribution >= 4 is 27.9 Å². The molecular weight excluding hydrogens is 406 g/mol. The molecule has 2 aliphatic rings. The standard InChI is InChI=1S/C22H21N9O/c1-2-15(1)31-12-14(11-25-31)13-9-16-18(28-29-20(16)24-10-13)22-26-19-17(3-4-23-21(19)27-22)30-5-7-32-8-6-30/h3-4,9-12,15H,1-2,5-8H2,(H,23,26,27)(H,24,28,29). The average molecular weight is 427 g/mol. The molecule has 2 fully saturated rings.